The molecule has 5 heteroatoms. The molecule has 0 saturated heterocycles. The SMILES string of the molecule is CC(C)CCN(C)c1nc(Cl)c(CO)s1. The zero-order valence-corrected chi connectivity index (χ0v) is 10.9. The molecule has 1 N–H and O–H groups in total. The summed E-state index contributed by atoms with van der Waals surface area (Å²) in [7, 11) is 2.00. The van der Waals surface area contributed by atoms with E-state index in [4.69, 9.17) is 16.7 Å². The maximum absolute atomic E-state index is 9.00. The predicted molar refractivity (Wildman–Crippen MR) is 65.8 cm³/mol. The maximum Gasteiger partial charge on any atom is 0.186 e. The molecule has 1 heterocycles. The highest BCUT2D eigenvalue weighted by molar-refractivity contribution is 7.16. The van der Waals surface area contributed by atoms with Crippen LogP contribution in [-0.2, 0) is 6.61 Å². The van der Waals surface area contributed by atoms with E-state index in [0.29, 0.717) is 11.1 Å². The molecule has 0 bridgehead atoms. The Kier molecular flexibility index (Phi) is 4.83. The van der Waals surface area contributed by atoms with Gasteiger partial charge in [-0.2, -0.15) is 0 Å². The van der Waals surface area contributed by atoms with Crippen molar-refractivity contribution in [3.05, 3.63) is 10.0 Å². The van der Waals surface area contributed by atoms with Gasteiger partial charge in [0.25, 0.3) is 0 Å². The van der Waals surface area contributed by atoms with Crippen LogP contribution in [0.1, 0.15) is 25.1 Å². The molecule has 0 unspecified atom stereocenters. The van der Waals surface area contributed by atoms with E-state index >= 15 is 0 Å². The van der Waals surface area contributed by atoms with E-state index in [1.807, 2.05) is 7.05 Å². The molecule has 1 rings (SSSR count). The molecule has 15 heavy (non-hydrogen) atoms. The zero-order chi connectivity index (χ0) is 11.4. The Bertz CT molecular complexity index is 314. The van der Waals surface area contributed by atoms with Crippen LogP contribution in [0.2, 0.25) is 5.15 Å². The molecule has 0 radical (unpaired) electrons. The third-order valence-electron chi connectivity index (χ3n) is 2.15. The van der Waals surface area contributed by atoms with Gasteiger partial charge in [0.2, 0.25) is 0 Å². The minimum atomic E-state index is -0.0332. The van der Waals surface area contributed by atoms with E-state index in [2.05, 4.69) is 23.7 Å². The number of aliphatic hydroxyl groups excluding tert-OH is 1. The number of thiazole rings is 1. The highest BCUT2D eigenvalue weighted by Crippen LogP contribution is 2.29. The molecule has 0 aliphatic carbocycles. The normalized spacial score (nSPS) is 11.1. The first kappa shape index (κ1) is 12.7. The van der Waals surface area contributed by atoms with Gasteiger partial charge in [0.05, 0.1) is 11.5 Å². The van der Waals surface area contributed by atoms with Gasteiger partial charge in [-0.1, -0.05) is 36.8 Å². The summed E-state index contributed by atoms with van der Waals surface area (Å²) in [5.41, 5.74) is 0. The summed E-state index contributed by atoms with van der Waals surface area (Å²) < 4.78 is 0. The van der Waals surface area contributed by atoms with Crippen LogP contribution in [0.5, 0.6) is 0 Å². The van der Waals surface area contributed by atoms with Gasteiger partial charge in [-0.15, -0.1) is 0 Å². The van der Waals surface area contributed by atoms with Gasteiger partial charge in [-0.05, 0) is 12.3 Å². The molecule has 0 saturated carbocycles. The number of hydrogen-bond acceptors (Lipinski definition) is 4. The van der Waals surface area contributed by atoms with Crippen LogP contribution in [0.15, 0.2) is 0 Å². The Labute approximate surface area is 99.7 Å². The smallest absolute Gasteiger partial charge is 0.186 e. The fraction of sp³-hybridized carbons (Fsp3) is 0.700. The molecule has 0 amide bonds. The summed E-state index contributed by atoms with van der Waals surface area (Å²) in [5.74, 6) is 0.681. The lowest BCUT2D eigenvalue weighted by Gasteiger charge is -2.16. The molecule has 0 fully saturated rings. The Morgan fingerprint density at radius 3 is 2.67 bits per heavy atom. The second-order valence-corrected chi connectivity index (χ2v) is 5.39. The average molecular weight is 249 g/mol. The molecule has 0 aliphatic rings. The first-order valence-electron chi connectivity index (χ1n) is 5.01. The highest BCUT2D eigenvalue weighted by Gasteiger charge is 2.11. The second-order valence-electron chi connectivity index (χ2n) is 3.97. The number of aromatic nitrogens is 1. The van der Waals surface area contributed by atoms with Crippen molar-refractivity contribution in [2.75, 3.05) is 18.5 Å². The van der Waals surface area contributed by atoms with Gasteiger partial charge in [0.1, 0.15) is 5.15 Å². The van der Waals surface area contributed by atoms with Crippen LogP contribution in [-0.4, -0.2) is 23.7 Å². The van der Waals surface area contributed by atoms with Crippen LogP contribution in [0.3, 0.4) is 0 Å². The summed E-state index contributed by atoms with van der Waals surface area (Å²) in [4.78, 5) is 7.03. The van der Waals surface area contributed by atoms with E-state index in [1.165, 1.54) is 11.3 Å². The van der Waals surface area contributed by atoms with Crippen molar-refractivity contribution in [3.63, 3.8) is 0 Å². The summed E-state index contributed by atoms with van der Waals surface area (Å²) >= 11 is 7.32. The Balaban J connectivity index is 2.61. The number of aliphatic hydroxyl groups is 1. The van der Waals surface area contributed by atoms with Crippen molar-refractivity contribution in [3.8, 4) is 0 Å². The molecule has 0 aromatic carbocycles. The topological polar surface area (TPSA) is 36.4 Å². The summed E-state index contributed by atoms with van der Waals surface area (Å²) in [6, 6.07) is 0. The number of halogens is 1. The third-order valence-corrected chi connectivity index (χ3v) is 3.73. The van der Waals surface area contributed by atoms with Crippen molar-refractivity contribution in [2.45, 2.75) is 26.9 Å². The standard InChI is InChI=1S/C10H17ClN2OS/c1-7(2)4-5-13(3)10-12-9(11)8(6-14)15-10/h7,14H,4-6H2,1-3H3. The quantitative estimate of drug-likeness (QED) is 0.871. The van der Waals surface area contributed by atoms with Crippen LogP contribution in [0.4, 0.5) is 5.13 Å². The van der Waals surface area contributed by atoms with E-state index in [-0.39, 0.29) is 6.61 Å². The Hall–Kier alpha value is -0.320. The lowest BCUT2D eigenvalue weighted by molar-refractivity contribution is 0.285. The number of hydrogen-bond donors (Lipinski definition) is 1. The lowest BCUT2D eigenvalue weighted by Crippen LogP contribution is -2.19. The molecular formula is C10H17ClN2OS. The van der Waals surface area contributed by atoms with Crippen LogP contribution < -0.4 is 4.90 Å². The van der Waals surface area contributed by atoms with Gasteiger partial charge in [-0.25, -0.2) is 4.98 Å². The van der Waals surface area contributed by atoms with Crippen LogP contribution >= 0.6 is 22.9 Å². The second kappa shape index (κ2) is 5.68. The van der Waals surface area contributed by atoms with Crippen molar-refractivity contribution in [2.24, 2.45) is 5.92 Å². The number of rotatable bonds is 5. The average Bonchev–Trinajstić information content (AvgIpc) is 2.56. The molecule has 1 aromatic heterocycles. The molecule has 3 nitrogen and oxygen atoms in total. The lowest BCUT2D eigenvalue weighted by atomic mass is 10.1. The first-order valence-corrected chi connectivity index (χ1v) is 6.21. The predicted octanol–water partition coefficient (Wildman–Crippen LogP) is 2.77. The monoisotopic (exact) mass is 248 g/mol. The van der Waals surface area contributed by atoms with E-state index < -0.39 is 0 Å². The third kappa shape index (κ3) is 3.63. The zero-order valence-electron chi connectivity index (χ0n) is 9.33. The van der Waals surface area contributed by atoms with Crippen molar-refractivity contribution < 1.29 is 5.11 Å². The van der Waals surface area contributed by atoms with E-state index in [9.17, 15) is 0 Å². The van der Waals surface area contributed by atoms with Crippen LogP contribution in [0, 0.1) is 5.92 Å². The highest BCUT2D eigenvalue weighted by atomic mass is 35.5. The molecule has 86 valence electrons. The number of nitrogens with zero attached hydrogens (tertiary/aromatic N) is 2. The van der Waals surface area contributed by atoms with Gasteiger partial charge < -0.3 is 10.0 Å². The van der Waals surface area contributed by atoms with Gasteiger partial charge in [0.15, 0.2) is 5.13 Å². The van der Waals surface area contributed by atoms with Crippen molar-refractivity contribution in [1.82, 2.24) is 4.98 Å². The Morgan fingerprint density at radius 2 is 2.20 bits per heavy atom. The van der Waals surface area contributed by atoms with Gasteiger partial charge >= 0.3 is 0 Å². The fourth-order valence-electron chi connectivity index (χ4n) is 1.13. The van der Waals surface area contributed by atoms with Crippen molar-refractivity contribution >= 4 is 28.1 Å². The number of anilines is 1. The van der Waals surface area contributed by atoms with Gasteiger partial charge in [-0.3, -0.25) is 0 Å². The Morgan fingerprint density at radius 1 is 1.53 bits per heavy atom. The summed E-state index contributed by atoms with van der Waals surface area (Å²) in [6.45, 7) is 5.32. The van der Waals surface area contributed by atoms with E-state index in [1.54, 1.807) is 0 Å². The summed E-state index contributed by atoms with van der Waals surface area (Å²) in [5, 5.41) is 10.3. The molecule has 0 spiro atoms. The molecular weight excluding hydrogens is 232 g/mol. The molecule has 0 aliphatic heterocycles. The first-order chi connectivity index (χ1) is 7.04. The van der Waals surface area contributed by atoms with Crippen LogP contribution in [0.25, 0.3) is 0 Å². The van der Waals surface area contributed by atoms with Crippen molar-refractivity contribution in [1.29, 1.82) is 0 Å². The minimum Gasteiger partial charge on any atom is -0.391 e. The molecule has 1 aromatic rings. The summed E-state index contributed by atoms with van der Waals surface area (Å²) in [6.07, 6.45) is 1.13. The van der Waals surface area contributed by atoms with Gasteiger partial charge in [0, 0.05) is 13.6 Å². The minimum absolute atomic E-state index is 0.0332. The fourth-order valence-corrected chi connectivity index (χ4v) is 2.23. The molecule has 0 atom stereocenters. The maximum atomic E-state index is 9.00. The largest absolute Gasteiger partial charge is 0.391 e. The van der Waals surface area contributed by atoms with E-state index in [0.717, 1.165) is 23.0 Å².